The third kappa shape index (κ3) is 3.48. The van der Waals surface area contributed by atoms with Gasteiger partial charge in [-0.15, -0.1) is 0 Å². The van der Waals surface area contributed by atoms with Gasteiger partial charge in [0.15, 0.2) is 0 Å². The fourth-order valence-corrected chi connectivity index (χ4v) is 2.62. The van der Waals surface area contributed by atoms with E-state index in [1.54, 1.807) is 47.4 Å². The van der Waals surface area contributed by atoms with E-state index in [1.165, 1.54) is 7.11 Å². The van der Waals surface area contributed by atoms with E-state index < -0.39 is 6.09 Å². The third-order valence-corrected chi connectivity index (χ3v) is 3.74. The molecule has 3 rings (SSSR count). The molecule has 1 fully saturated rings. The zero-order chi connectivity index (χ0) is 16.9. The summed E-state index contributed by atoms with van der Waals surface area (Å²) in [5.41, 5.74) is 1.24. The van der Waals surface area contributed by atoms with Crippen molar-refractivity contribution in [3.05, 3.63) is 48.5 Å². The molecule has 24 heavy (non-hydrogen) atoms. The molecule has 1 N–H and O–H groups in total. The second-order valence-electron chi connectivity index (χ2n) is 5.36. The summed E-state index contributed by atoms with van der Waals surface area (Å²) in [5.74, 6) is 1.07. The SMILES string of the molecule is COc1cc(NC(=O)Oc2ccccc2)ccc1N1CCCC1=O. The van der Waals surface area contributed by atoms with Crippen LogP contribution in [-0.4, -0.2) is 25.7 Å². The highest BCUT2D eigenvalue weighted by Gasteiger charge is 2.24. The van der Waals surface area contributed by atoms with Crippen molar-refractivity contribution in [2.24, 2.45) is 0 Å². The number of hydrogen-bond acceptors (Lipinski definition) is 4. The predicted octanol–water partition coefficient (Wildman–Crippen LogP) is 3.43. The third-order valence-electron chi connectivity index (χ3n) is 3.74. The smallest absolute Gasteiger partial charge is 0.417 e. The minimum Gasteiger partial charge on any atom is -0.494 e. The van der Waals surface area contributed by atoms with Gasteiger partial charge in [0.2, 0.25) is 5.91 Å². The van der Waals surface area contributed by atoms with Gasteiger partial charge < -0.3 is 14.4 Å². The van der Waals surface area contributed by atoms with Crippen LogP contribution in [0.2, 0.25) is 0 Å². The van der Waals surface area contributed by atoms with Crippen molar-refractivity contribution in [1.82, 2.24) is 0 Å². The molecule has 2 aromatic rings. The number of rotatable bonds is 4. The number of hydrogen-bond donors (Lipinski definition) is 1. The van der Waals surface area contributed by atoms with Crippen LogP contribution >= 0.6 is 0 Å². The Bertz CT molecular complexity index is 746. The predicted molar refractivity (Wildman–Crippen MR) is 90.7 cm³/mol. The molecule has 1 aliphatic heterocycles. The molecule has 1 aliphatic rings. The molecule has 6 nitrogen and oxygen atoms in total. The van der Waals surface area contributed by atoms with Gasteiger partial charge in [0.25, 0.3) is 0 Å². The summed E-state index contributed by atoms with van der Waals surface area (Å²) in [5, 5.41) is 2.65. The van der Waals surface area contributed by atoms with Gasteiger partial charge in [0.05, 0.1) is 12.8 Å². The van der Waals surface area contributed by atoms with Crippen LogP contribution in [0.4, 0.5) is 16.2 Å². The fourth-order valence-electron chi connectivity index (χ4n) is 2.62. The van der Waals surface area contributed by atoms with Crippen molar-refractivity contribution in [2.75, 3.05) is 23.9 Å². The lowest BCUT2D eigenvalue weighted by Crippen LogP contribution is -2.24. The minimum atomic E-state index is -0.590. The van der Waals surface area contributed by atoms with Crippen LogP contribution in [0.3, 0.4) is 0 Å². The molecule has 0 aliphatic carbocycles. The van der Waals surface area contributed by atoms with Gasteiger partial charge >= 0.3 is 6.09 Å². The van der Waals surface area contributed by atoms with Crippen molar-refractivity contribution in [2.45, 2.75) is 12.8 Å². The Hall–Kier alpha value is -3.02. The lowest BCUT2D eigenvalue weighted by Gasteiger charge is -2.19. The number of nitrogens with one attached hydrogen (secondary N) is 1. The van der Waals surface area contributed by atoms with Crippen molar-refractivity contribution < 1.29 is 19.1 Å². The van der Waals surface area contributed by atoms with E-state index >= 15 is 0 Å². The number of methoxy groups -OCH3 is 1. The Labute approximate surface area is 140 Å². The molecule has 1 saturated heterocycles. The number of nitrogens with zero attached hydrogens (tertiary/aromatic N) is 1. The van der Waals surface area contributed by atoms with Crippen LogP contribution in [0.1, 0.15) is 12.8 Å². The van der Waals surface area contributed by atoms with Crippen LogP contribution in [-0.2, 0) is 4.79 Å². The molecule has 0 spiro atoms. The molecule has 0 unspecified atom stereocenters. The molecule has 0 saturated carbocycles. The lowest BCUT2D eigenvalue weighted by molar-refractivity contribution is -0.117. The maximum absolute atomic E-state index is 11.9. The maximum Gasteiger partial charge on any atom is 0.417 e. The highest BCUT2D eigenvalue weighted by atomic mass is 16.6. The largest absolute Gasteiger partial charge is 0.494 e. The standard InChI is InChI=1S/C18H18N2O4/c1-23-16-12-13(9-10-15(16)20-11-5-8-17(20)21)19-18(22)24-14-6-3-2-4-7-14/h2-4,6-7,9-10,12H,5,8,11H2,1H3,(H,19,22). The molecule has 1 heterocycles. The van der Waals surface area contributed by atoms with E-state index in [-0.39, 0.29) is 5.91 Å². The molecule has 0 atom stereocenters. The molecule has 6 heteroatoms. The van der Waals surface area contributed by atoms with Gasteiger partial charge in [-0.3, -0.25) is 10.1 Å². The summed E-state index contributed by atoms with van der Waals surface area (Å²) >= 11 is 0. The summed E-state index contributed by atoms with van der Waals surface area (Å²) in [7, 11) is 1.53. The minimum absolute atomic E-state index is 0.0810. The fraction of sp³-hybridized carbons (Fsp3) is 0.222. The summed E-state index contributed by atoms with van der Waals surface area (Å²) in [4.78, 5) is 25.5. The van der Waals surface area contributed by atoms with Gasteiger partial charge in [0, 0.05) is 24.7 Å². The van der Waals surface area contributed by atoms with E-state index in [9.17, 15) is 9.59 Å². The highest BCUT2D eigenvalue weighted by Crippen LogP contribution is 2.33. The Morgan fingerprint density at radius 3 is 2.62 bits per heavy atom. The normalized spacial score (nSPS) is 13.7. The molecule has 0 aromatic heterocycles. The molecule has 0 bridgehead atoms. The van der Waals surface area contributed by atoms with E-state index in [0.717, 1.165) is 6.42 Å². The Morgan fingerprint density at radius 1 is 1.17 bits per heavy atom. The highest BCUT2D eigenvalue weighted by molar-refractivity contribution is 5.97. The number of carbonyl (C=O) groups is 2. The lowest BCUT2D eigenvalue weighted by atomic mass is 10.2. The van der Waals surface area contributed by atoms with Crippen molar-refractivity contribution >= 4 is 23.4 Å². The van der Waals surface area contributed by atoms with Crippen LogP contribution in [0.5, 0.6) is 11.5 Å². The van der Waals surface area contributed by atoms with E-state index in [1.807, 2.05) is 6.07 Å². The number of para-hydroxylation sites is 1. The number of anilines is 2. The summed E-state index contributed by atoms with van der Waals surface area (Å²) in [6, 6.07) is 14.0. The van der Waals surface area contributed by atoms with Crippen LogP contribution < -0.4 is 19.7 Å². The molecule has 2 aromatic carbocycles. The monoisotopic (exact) mass is 326 g/mol. The van der Waals surface area contributed by atoms with Crippen LogP contribution in [0.25, 0.3) is 0 Å². The number of benzene rings is 2. The first-order valence-electron chi connectivity index (χ1n) is 7.69. The quantitative estimate of drug-likeness (QED) is 0.934. The van der Waals surface area contributed by atoms with Gasteiger partial charge in [0.1, 0.15) is 11.5 Å². The van der Waals surface area contributed by atoms with Gasteiger partial charge in [-0.1, -0.05) is 18.2 Å². The Balaban J connectivity index is 1.72. The van der Waals surface area contributed by atoms with Gasteiger partial charge in [-0.05, 0) is 30.7 Å². The van der Waals surface area contributed by atoms with Crippen molar-refractivity contribution in [1.29, 1.82) is 0 Å². The zero-order valence-electron chi connectivity index (χ0n) is 13.3. The first kappa shape index (κ1) is 15.9. The second kappa shape index (κ2) is 7.04. The molecule has 124 valence electrons. The van der Waals surface area contributed by atoms with E-state index in [4.69, 9.17) is 9.47 Å². The second-order valence-corrected chi connectivity index (χ2v) is 5.36. The number of carbonyl (C=O) groups excluding carboxylic acids is 2. The van der Waals surface area contributed by atoms with Gasteiger partial charge in [-0.25, -0.2) is 4.79 Å². The molecule has 2 amide bonds. The van der Waals surface area contributed by atoms with Crippen LogP contribution in [0.15, 0.2) is 48.5 Å². The molecule has 0 radical (unpaired) electrons. The van der Waals surface area contributed by atoms with Crippen molar-refractivity contribution in [3.8, 4) is 11.5 Å². The average Bonchev–Trinajstić information content (AvgIpc) is 3.01. The first-order valence-corrected chi connectivity index (χ1v) is 7.69. The van der Waals surface area contributed by atoms with Gasteiger partial charge in [-0.2, -0.15) is 0 Å². The Kier molecular flexibility index (Phi) is 4.65. The van der Waals surface area contributed by atoms with E-state index in [2.05, 4.69) is 5.32 Å². The van der Waals surface area contributed by atoms with Crippen LogP contribution in [0, 0.1) is 0 Å². The molecular formula is C18H18N2O4. The average molecular weight is 326 g/mol. The van der Waals surface area contributed by atoms with Crippen molar-refractivity contribution in [3.63, 3.8) is 0 Å². The number of amides is 2. The summed E-state index contributed by atoms with van der Waals surface area (Å²) in [6.45, 7) is 0.679. The topological polar surface area (TPSA) is 67.9 Å². The number of ether oxygens (including phenoxy) is 2. The Morgan fingerprint density at radius 2 is 1.96 bits per heavy atom. The maximum atomic E-state index is 11.9. The molecular weight excluding hydrogens is 308 g/mol. The zero-order valence-corrected chi connectivity index (χ0v) is 13.3. The summed E-state index contributed by atoms with van der Waals surface area (Å²) in [6.07, 6.45) is 0.797. The summed E-state index contributed by atoms with van der Waals surface area (Å²) < 4.78 is 10.5. The van der Waals surface area contributed by atoms with E-state index in [0.29, 0.717) is 35.8 Å². The first-order chi connectivity index (χ1) is 11.7.